The van der Waals surface area contributed by atoms with Crippen LogP contribution < -0.4 is 0 Å². The summed E-state index contributed by atoms with van der Waals surface area (Å²) in [6.45, 7) is 3.81. The smallest absolute Gasteiger partial charge is 0.163 e. The van der Waals surface area contributed by atoms with Gasteiger partial charge in [0.2, 0.25) is 0 Å². The molecule has 0 saturated heterocycles. The van der Waals surface area contributed by atoms with Gasteiger partial charge in [-0.3, -0.25) is 0 Å². The summed E-state index contributed by atoms with van der Waals surface area (Å²) in [4.78, 5) is 0. The molecule has 19 heavy (non-hydrogen) atoms. The molecule has 0 rings (SSSR count). The number of unbranched alkanes of at least 4 members (excludes halogenated alkanes) is 5. The van der Waals surface area contributed by atoms with Crippen LogP contribution >= 0.6 is 0 Å². The average molecular weight is 264 g/mol. The Hall–Kier alpha value is -1.30. The number of nitrogens with zero attached hydrogens (tertiary/aromatic N) is 2. The van der Waals surface area contributed by atoms with Gasteiger partial charge in [-0.05, 0) is 26.2 Å². The minimum absolute atomic E-state index is 0.125. The number of rotatable bonds is 11. The van der Waals surface area contributed by atoms with Crippen LogP contribution in [-0.4, -0.2) is 17.0 Å². The monoisotopic (exact) mass is 264 g/mol. The van der Waals surface area contributed by atoms with E-state index in [-0.39, 0.29) is 6.04 Å². The van der Waals surface area contributed by atoms with Crippen molar-refractivity contribution in [3.8, 4) is 6.07 Å². The molecular formula is C16H28N2O. The van der Waals surface area contributed by atoms with Crippen molar-refractivity contribution in [1.82, 2.24) is 0 Å². The standard InChI is InChI=1S/C16H28N2O/c1-3-5-10-13-16(18(19)4-2)14-11-8-6-7-9-12-15-17/h3-5,16H,6-14H2,1-2H3/b5-3+,18-4-. The zero-order valence-corrected chi connectivity index (χ0v) is 12.5. The fourth-order valence-corrected chi connectivity index (χ4v) is 2.18. The van der Waals surface area contributed by atoms with Crippen LogP contribution in [0.1, 0.15) is 71.6 Å². The first-order valence-electron chi connectivity index (χ1n) is 7.49. The van der Waals surface area contributed by atoms with E-state index in [1.54, 1.807) is 13.1 Å². The molecule has 0 saturated carbocycles. The average Bonchev–Trinajstić information content (AvgIpc) is 2.43. The molecule has 0 N–H and O–H groups in total. The highest BCUT2D eigenvalue weighted by Gasteiger charge is 2.13. The second kappa shape index (κ2) is 13.1. The summed E-state index contributed by atoms with van der Waals surface area (Å²) in [5, 5.41) is 20.1. The fourth-order valence-electron chi connectivity index (χ4n) is 2.18. The summed E-state index contributed by atoms with van der Waals surface area (Å²) < 4.78 is 1.11. The van der Waals surface area contributed by atoms with E-state index < -0.39 is 0 Å². The molecule has 0 fully saturated rings. The van der Waals surface area contributed by atoms with Crippen molar-refractivity contribution in [1.29, 1.82) is 5.26 Å². The largest absolute Gasteiger partial charge is 0.624 e. The van der Waals surface area contributed by atoms with Crippen LogP contribution in [0, 0.1) is 16.5 Å². The van der Waals surface area contributed by atoms with Crippen LogP contribution in [-0.2, 0) is 0 Å². The molecule has 0 radical (unpaired) electrons. The fraction of sp³-hybridized carbons (Fsp3) is 0.750. The molecule has 0 bridgehead atoms. The molecule has 3 nitrogen and oxygen atoms in total. The Labute approximate surface area is 118 Å². The first kappa shape index (κ1) is 17.7. The van der Waals surface area contributed by atoms with Gasteiger partial charge in [-0.1, -0.05) is 31.4 Å². The molecule has 0 aromatic rings. The van der Waals surface area contributed by atoms with Crippen LogP contribution in [0.15, 0.2) is 12.2 Å². The van der Waals surface area contributed by atoms with Crippen molar-refractivity contribution in [3.05, 3.63) is 17.4 Å². The third-order valence-corrected chi connectivity index (χ3v) is 3.34. The second-order valence-corrected chi connectivity index (χ2v) is 4.88. The van der Waals surface area contributed by atoms with E-state index in [1.165, 1.54) is 12.8 Å². The van der Waals surface area contributed by atoms with E-state index in [0.29, 0.717) is 6.42 Å². The van der Waals surface area contributed by atoms with Crippen molar-refractivity contribution >= 4 is 6.21 Å². The Morgan fingerprint density at radius 3 is 2.42 bits per heavy atom. The molecule has 108 valence electrons. The van der Waals surface area contributed by atoms with Gasteiger partial charge in [0.05, 0.1) is 6.07 Å². The Morgan fingerprint density at radius 2 is 1.79 bits per heavy atom. The lowest BCUT2D eigenvalue weighted by atomic mass is 10.0. The molecule has 3 heteroatoms. The highest BCUT2D eigenvalue weighted by molar-refractivity contribution is 5.46. The predicted molar refractivity (Wildman–Crippen MR) is 81.1 cm³/mol. The topological polar surface area (TPSA) is 49.9 Å². The molecule has 0 aromatic carbocycles. The Balaban J connectivity index is 3.77. The highest BCUT2D eigenvalue weighted by Crippen LogP contribution is 2.13. The molecule has 1 unspecified atom stereocenters. The predicted octanol–water partition coefficient (Wildman–Crippen LogP) is 4.57. The number of hydrogen-bond acceptors (Lipinski definition) is 2. The molecular weight excluding hydrogens is 236 g/mol. The lowest BCUT2D eigenvalue weighted by molar-refractivity contribution is -0.499. The molecule has 1 atom stereocenters. The van der Waals surface area contributed by atoms with Gasteiger partial charge in [-0.15, -0.1) is 0 Å². The zero-order chi connectivity index (χ0) is 14.3. The first-order chi connectivity index (χ1) is 9.26. The summed E-state index contributed by atoms with van der Waals surface area (Å²) in [5.41, 5.74) is 0. The van der Waals surface area contributed by atoms with E-state index in [0.717, 1.165) is 43.3 Å². The third-order valence-electron chi connectivity index (χ3n) is 3.34. The van der Waals surface area contributed by atoms with Crippen LogP contribution in [0.4, 0.5) is 0 Å². The normalized spacial score (nSPS) is 13.6. The molecule has 0 amide bonds. The third kappa shape index (κ3) is 10.3. The van der Waals surface area contributed by atoms with Gasteiger partial charge >= 0.3 is 0 Å². The summed E-state index contributed by atoms with van der Waals surface area (Å²) in [5.74, 6) is 0. The number of allylic oxidation sites excluding steroid dienone is 2. The van der Waals surface area contributed by atoms with Crippen molar-refractivity contribution in [2.75, 3.05) is 0 Å². The Bertz CT molecular complexity index is 302. The Kier molecular flexibility index (Phi) is 12.2. The lowest BCUT2D eigenvalue weighted by Crippen LogP contribution is -2.21. The van der Waals surface area contributed by atoms with E-state index in [1.807, 2.05) is 13.0 Å². The van der Waals surface area contributed by atoms with Crippen molar-refractivity contribution < 1.29 is 4.74 Å². The number of hydrogen-bond donors (Lipinski definition) is 0. The van der Waals surface area contributed by atoms with Gasteiger partial charge in [0.25, 0.3) is 0 Å². The number of nitriles is 1. The molecule has 0 aliphatic carbocycles. The zero-order valence-electron chi connectivity index (χ0n) is 12.5. The maximum absolute atomic E-state index is 11.7. The summed E-state index contributed by atoms with van der Waals surface area (Å²) in [6, 6.07) is 2.29. The maximum atomic E-state index is 11.7. The van der Waals surface area contributed by atoms with Gasteiger partial charge in [0, 0.05) is 26.2 Å². The van der Waals surface area contributed by atoms with Crippen LogP contribution in [0.25, 0.3) is 0 Å². The Morgan fingerprint density at radius 1 is 1.11 bits per heavy atom. The van der Waals surface area contributed by atoms with E-state index >= 15 is 0 Å². The van der Waals surface area contributed by atoms with Crippen LogP contribution in [0.2, 0.25) is 0 Å². The van der Waals surface area contributed by atoms with E-state index in [2.05, 4.69) is 12.1 Å². The molecule has 0 aromatic heterocycles. The molecule has 0 spiro atoms. The molecule has 0 aliphatic heterocycles. The van der Waals surface area contributed by atoms with Gasteiger partial charge in [-0.2, -0.15) is 5.26 Å². The summed E-state index contributed by atoms with van der Waals surface area (Å²) >= 11 is 0. The molecule has 0 aliphatic rings. The lowest BCUT2D eigenvalue weighted by Gasteiger charge is -2.16. The van der Waals surface area contributed by atoms with Gasteiger partial charge in [0.1, 0.15) is 6.21 Å². The number of hydroxylamine groups is 1. The minimum Gasteiger partial charge on any atom is -0.624 e. The minimum atomic E-state index is 0.125. The van der Waals surface area contributed by atoms with E-state index in [9.17, 15) is 5.21 Å². The molecule has 0 heterocycles. The van der Waals surface area contributed by atoms with Crippen LogP contribution in [0.5, 0.6) is 0 Å². The first-order valence-corrected chi connectivity index (χ1v) is 7.49. The van der Waals surface area contributed by atoms with Crippen molar-refractivity contribution in [2.24, 2.45) is 0 Å². The maximum Gasteiger partial charge on any atom is 0.163 e. The van der Waals surface area contributed by atoms with Crippen molar-refractivity contribution in [3.63, 3.8) is 0 Å². The highest BCUT2D eigenvalue weighted by atomic mass is 16.5. The SMILES string of the molecule is C/C=[N+](\[O-])C(CC/C=C/C)CCCCCCCC#N. The quantitative estimate of drug-likeness (QED) is 0.137. The van der Waals surface area contributed by atoms with Gasteiger partial charge in [0.15, 0.2) is 6.04 Å². The second-order valence-electron chi connectivity index (χ2n) is 4.88. The van der Waals surface area contributed by atoms with Gasteiger partial charge < -0.3 is 5.21 Å². The van der Waals surface area contributed by atoms with Gasteiger partial charge in [-0.25, -0.2) is 4.74 Å². The van der Waals surface area contributed by atoms with Crippen molar-refractivity contribution in [2.45, 2.75) is 77.7 Å². The van der Waals surface area contributed by atoms with Crippen LogP contribution in [0.3, 0.4) is 0 Å². The van der Waals surface area contributed by atoms with E-state index in [4.69, 9.17) is 5.26 Å². The summed E-state index contributed by atoms with van der Waals surface area (Å²) in [6.07, 6.45) is 15.0. The summed E-state index contributed by atoms with van der Waals surface area (Å²) in [7, 11) is 0.